The summed E-state index contributed by atoms with van der Waals surface area (Å²) in [5, 5.41) is 13.0. The number of benzene rings is 2. The number of imide groups is 1. The number of nitrogens with zero attached hydrogens (tertiary/aromatic N) is 3. The van der Waals surface area contributed by atoms with Gasteiger partial charge in [-0.15, -0.1) is 0 Å². The van der Waals surface area contributed by atoms with Crippen LogP contribution in [0.25, 0.3) is 0 Å². The molecular formula is C28H28N4O3. The number of anilines is 2. The topological polar surface area (TPSA) is 85.8 Å². The Hall–Kier alpha value is -3.81. The largest absolute Gasteiger partial charge is 0.385 e. The van der Waals surface area contributed by atoms with Crippen LogP contribution in [0.5, 0.6) is 0 Å². The van der Waals surface area contributed by atoms with Crippen LogP contribution in [0, 0.1) is 5.92 Å². The van der Waals surface area contributed by atoms with Crippen molar-refractivity contribution in [1.82, 2.24) is 9.99 Å². The Morgan fingerprint density at radius 2 is 1.60 bits per heavy atom. The predicted molar refractivity (Wildman–Crippen MR) is 134 cm³/mol. The molecule has 2 aliphatic rings. The molecule has 3 aromatic rings. The van der Waals surface area contributed by atoms with Crippen molar-refractivity contribution in [2.24, 2.45) is 5.92 Å². The van der Waals surface area contributed by atoms with Gasteiger partial charge >= 0.3 is 0 Å². The molecule has 0 radical (unpaired) electrons. The van der Waals surface area contributed by atoms with E-state index in [9.17, 15) is 14.7 Å². The SMILES string of the molecule is CC(C)c1ccc(NN2C(C(O)c3ccccn3)C=CC3C(=O)N(c4ccccc4)C(=O)C32)cc1. The quantitative estimate of drug-likeness (QED) is 0.419. The summed E-state index contributed by atoms with van der Waals surface area (Å²) in [5.41, 5.74) is 6.32. The Morgan fingerprint density at radius 3 is 2.26 bits per heavy atom. The second-order valence-corrected chi connectivity index (χ2v) is 9.19. The molecule has 4 unspecified atom stereocenters. The Labute approximate surface area is 204 Å². The molecule has 35 heavy (non-hydrogen) atoms. The molecule has 4 atom stereocenters. The van der Waals surface area contributed by atoms with Crippen molar-refractivity contribution in [3.05, 3.63) is 102 Å². The molecule has 1 aromatic heterocycles. The zero-order valence-electron chi connectivity index (χ0n) is 19.7. The zero-order chi connectivity index (χ0) is 24.5. The van der Waals surface area contributed by atoms with Gasteiger partial charge in [-0.3, -0.25) is 14.6 Å². The van der Waals surface area contributed by atoms with E-state index in [1.807, 2.05) is 36.4 Å². The van der Waals surface area contributed by atoms with Crippen molar-refractivity contribution in [1.29, 1.82) is 0 Å². The number of hydrogen-bond donors (Lipinski definition) is 2. The number of nitrogens with one attached hydrogen (secondary N) is 1. The van der Waals surface area contributed by atoms with Crippen LogP contribution >= 0.6 is 0 Å². The second-order valence-electron chi connectivity index (χ2n) is 9.19. The molecular weight excluding hydrogens is 440 g/mol. The van der Waals surface area contributed by atoms with Gasteiger partial charge in [-0.05, 0) is 47.9 Å². The molecule has 0 saturated carbocycles. The third kappa shape index (κ3) is 4.24. The van der Waals surface area contributed by atoms with Gasteiger partial charge in [-0.1, -0.05) is 62.4 Å². The Balaban J connectivity index is 1.53. The average molecular weight is 469 g/mol. The molecule has 178 valence electrons. The fourth-order valence-electron chi connectivity index (χ4n) is 4.72. The summed E-state index contributed by atoms with van der Waals surface area (Å²) in [5.74, 6) is -0.897. The highest BCUT2D eigenvalue weighted by Crippen LogP contribution is 2.37. The lowest BCUT2D eigenvalue weighted by molar-refractivity contribution is -0.123. The van der Waals surface area contributed by atoms with E-state index in [0.29, 0.717) is 17.3 Å². The molecule has 1 saturated heterocycles. The number of para-hydroxylation sites is 1. The Morgan fingerprint density at radius 1 is 0.886 bits per heavy atom. The number of rotatable bonds is 6. The molecule has 5 rings (SSSR count). The number of pyridine rings is 1. The number of aliphatic hydroxyl groups excluding tert-OH is 1. The summed E-state index contributed by atoms with van der Waals surface area (Å²) in [6.07, 6.45) is 4.14. The van der Waals surface area contributed by atoms with Crippen LogP contribution in [0.1, 0.15) is 37.1 Å². The summed E-state index contributed by atoms with van der Waals surface area (Å²) >= 11 is 0. The van der Waals surface area contributed by atoms with Crippen molar-refractivity contribution in [2.75, 3.05) is 10.3 Å². The van der Waals surface area contributed by atoms with Crippen LogP contribution in [0.4, 0.5) is 11.4 Å². The van der Waals surface area contributed by atoms with Gasteiger partial charge in [0.15, 0.2) is 0 Å². The minimum absolute atomic E-state index is 0.282. The lowest BCUT2D eigenvalue weighted by atomic mass is 9.91. The molecule has 1 fully saturated rings. The number of aromatic nitrogens is 1. The maximum Gasteiger partial charge on any atom is 0.254 e. The summed E-state index contributed by atoms with van der Waals surface area (Å²) in [6.45, 7) is 4.26. The molecule has 2 amide bonds. The van der Waals surface area contributed by atoms with Crippen LogP contribution in [-0.4, -0.2) is 39.0 Å². The van der Waals surface area contributed by atoms with E-state index in [4.69, 9.17) is 0 Å². The number of carbonyl (C=O) groups is 2. The molecule has 7 heteroatoms. The van der Waals surface area contributed by atoms with Crippen molar-refractivity contribution >= 4 is 23.2 Å². The van der Waals surface area contributed by atoms with Crippen molar-refractivity contribution in [3.8, 4) is 0 Å². The lowest BCUT2D eigenvalue weighted by Gasteiger charge is -2.40. The van der Waals surface area contributed by atoms with Gasteiger partial charge in [0.05, 0.1) is 23.3 Å². The lowest BCUT2D eigenvalue weighted by Crippen LogP contribution is -2.55. The predicted octanol–water partition coefficient (Wildman–Crippen LogP) is 4.06. The molecule has 2 aromatic carbocycles. The minimum Gasteiger partial charge on any atom is -0.385 e. The van der Waals surface area contributed by atoms with Gasteiger partial charge in [-0.25, -0.2) is 9.91 Å². The Kier molecular flexibility index (Phi) is 6.19. The molecule has 0 aliphatic carbocycles. The first-order valence-electron chi connectivity index (χ1n) is 11.8. The first-order valence-corrected chi connectivity index (χ1v) is 11.8. The van der Waals surface area contributed by atoms with E-state index in [-0.39, 0.29) is 11.8 Å². The molecule has 0 spiro atoms. The van der Waals surface area contributed by atoms with Crippen molar-refractivity contribution in [2.45, 2.75) is 38.0 Å². The van der Waals surface area contributed by atoms with E-state index in [1.165, 1.54) is 10.5 Å². The van der Waals surface area contributed by atoms with Crippen LogP contribution < -0.4 is 10.3 Å². The monoisotopic (exact) mass is 468 g/mol. The first-order chi connectivity index (χ1) is 17.0. The number of carbonyl (C=O) groups excluding carboxylic acids is 2. The summed E-state index contributed by atoms with van der Waals surface area (Å²) in [4.78, 5) is 32.6. The smallest absolute Gasteiger partial charge is 0.254 e. The second kappa shape index (κ2) is 9.44. The number of amides is 2. The fraction of sp³-hybridized carbons (Fsp3) is 0.250. The van der Waals surface area contributed by atoms with Crippen LogP contribution in [-0.2, 0) is 9.59 Å². The third-order valence-corrected chi connectivity index (χ3v) is 6.62. The number of hydrazine groups is 1. The summed E-state index contributed by atoms with van der Waals surface area (Å²) in [7, 11) is 0. The average Bonchev–Trinajstić information content (AvgIpc) is 3.15. The number of aliphatic hydroxyl groups is 1. The Bertz CT molecular complexity index is 1230. The first kappa shape index (κ1) is 23.0. The van der Waals surface area contributed by atoms with Gasteiger partial charge in [0.2, 0.25) is 5.91 Å². The maximum absolute atomic E-state index is 13.7. The summed E-state index contributed by atoms with van der Waals surface area (Å²) in [6, 6.07) is 20.8. The van der Waals surface area contributed by atoms with E-state index in [1.54, 1.807) is 59.8 Å². The highest BCUT2D eigenvalue weighted by atomic mass is 16.3. The summed E-state index contributed by atoms with van der Waals surface area (Å²) < 4.78 is 0. The zero-order valence-corrected chi connectivity index (χ0v) is 19.7. The molecule has 3 heterocycles. The fourth-order valence-corrected chi connectivity index (χ4v) is 4.72. The molecule has 2 aliphatic heterocycles. The van der Waals surface area contributed by atoms with E-state index in [2.05, 4.69) is 24.3 Å². The van der Waals surface area contributed by atoms with Gasteiger partial charge in [0.1, 0.15) is 12.1 Å². The molecule has 0 bridgehead atoms. The van der Waals surface area contributed by atoms with E-state index < -0.39 is 24.1 Å². The van der Waals surface area contributed by atoms with Crippen LogP contribution in [0.3, 0.4) is 0 Å². The maximum atomic E-state index is 13.7. The standard InChI is InChI=1S/C28H28N4O3/c1-18(2)19-11-13-20(14-12-19)30-32-24(26(33)23-10-6-7-17-29-23)16-15-22-25(32)28(35)31(27(22)34)21-8-4-3-5-9-21/h3-18,22,24-26,30,33H,1-2H3. The van der Waals surface area contributed by atoms with Crippen LogP contribution in [0.2, 0.25) is 0 Å². The number of hydrogen-bond acceptors (Lipinski definition) is 6. The van der Waals surface area contributed by atoms with E-state index >= 15 is 0 Å². The van der Waals surface area contributed by atoms with Gasteiger partial charge in [-0.2, -0.15) is 0 Å². The van der Waals surface area contributed by atoms with Crippen molar-refractivity contribution < 1.29 is 14.7 Å². The molecule has 7 nitrogen and oxygen atoms in total. The van der Waals surface area contributed by atoms with Gasteiger partial charge in [0, 0.05) is 11.9 Å². The number of fused-ring (bicyclic) bond motifs is 1. The van der Waals surface area contributed by atoms with E-state index in [0.717, 1.165) is 5.69 Å². The van der Waals surface area contributed by atoms with Gasteiger partial charge < -0.3 is 10.5 Å². The third-order valence-electron chi connectivity index (χ3n) is 6.62. The highest BCUT2D eigenvalue weighted by molar-refractivity contribution is 6.24. The van der Waals surface area contributed by atoms with Crippen LogP contribution in [0.15, 0.2) is 91.1 Å². The minimum atomic E-state index is -1.01. The highest BCUT2D eigenvalue weighted by Gasteiger charge is 2.54. The molecule has 2 N–H and O–H groups in total. The van der Waals surface area contributed by atoms with Gasteiger partial charge in [0.25, 0.3) is 5.91 Å². The normalized spacial score (nSPS) is 23.0. The van der Waals surface area contributed by atoms with Crippen molar-refractivity contribution in [3.63, 3.8) is 0 Å².